The third kappa shape index (κ3) is 4.06. The van der Waals surface area contributed by atoms with Crippen molar-refractivity contribution in [3.8, 4) is 0 Å². The number of esters is 1. The number of rotatable bonds is 6. The van der Waals surface area contributed by atoms with E-state index in [1.165, 1.54) is 0 Å². The van der Waals surface area contributed by atoms with Crippen molar-refractivity contribution in [3.63, 3.8) is 0 Å². The Morgan fingerprint density at radius 3 is 2.37 bits per heavy atom. The molecule has 104 valence electrons. The number of hydrogen-bond acceptors (Lipinski definition) is 4. The molecule has 0 radical (unpaired) electrons. The average molecular weight is 264 g/mol. The number of hydrogen-bond donors (Lipinski definition) is 2. The lowest BCUT2D eigenvalue weighted by Crippen LogP contribution is -2.53. The van der Waals surface area contributed by atoms with Crippen molar-refractivity contribution < 1.29 is 14.3 Å². The van der Waals surface area contributed by atoms with Crippen LogP contribution in [0.25, 0.3) is 0 Å². The van der Waals surface area contributed by atoms with E-state index in [9.17, 15) is 9.59 Å². The van der Waals surface area contributed by atoms with Gasteiger partial charge in [-0.2, -0.15) is 0 Å². The second-order valence-corrected chi connectivity index (χ2v) is 4.73. The molecule has 5 heteroatoms. The standard InChI is InChI=1S/C14H20N2O3/c1-4-19-12(17)11(10-8-6-5-7-9-10)16-14(2,3)13(15)18/h5-9,11,16H,4H2,1-3H3,(H2,15,18). The van der Waals surface area contributed by atoms with Crippen LogP contribution in [0.4, 0.5) is 0 Å². The molecule has 3 N–H and O–H groups in total. The largest absolute Gasteiger partial charge is 0.465 e. The summed E-state index contributed by atoms with van der Waals surface area (Å²) < 4.78 is 5.03. The van der Waals surface area contributed by atoms with E-state index in [1.54, 1.807) is 32.9 Å². The molecule has 0 spiro atoms. The number of carbonyl (C=O) groups is 2. The fraction of sp³-hybridized carbons (Fsp3) is 0.429. The minimum Gasteiger partial charge on any atom is -0.465 e. The van der Waals surface area contributed by atoms with E-state index >= 15 is 0 Å². The average Bonchev–Trinajstić information content (AvgIpc) is 2.37. The van der Waals surface area contributed by atoms with Gasteiger partial charge in [-0.1, -0.05) is 30.3 Å². The van der Waals surface area contributed by atoms with Crippen LogP contribution in [0.5, 0.6) is 0 Å². The van der Waals surface area contributed by atoms with Gasteiger partial charge in [-0.3, -0.25) is 10.1 Å². The fourth-order valence-electron chi connectivity index (χ4n) is 1.58. The molecule has 0 fully saturated rings. The molecule has 0 aliphatic carbocycles. The van der Waals surface area contributed by atoms with E-state index in [2.05, 4.69) is 5.32 Å². The third-order valence-corrected chi connectivity index (χ3v) is 2.78. The van der Waals surface area contributed by atoms with Gasteiger partial charge in [-0.25, -0.2) is 4.79 Å². The lowest BCUT2D eigenvalue weighted by molar-refractivity contribution is -0.146. The highest BCUT2D eigenvalue weighted by Gasteiger charge is 2.32. The summed E-state index contributed by atoms with van der Waals surface area (Å²) in [6.07, 6.45) is 0. The summed E-state index contributed by atoms with van der Waals surface area (Å²) in [6.45, 7) is 5.27. The van der Waals surface area contributed by atoms with Gasteiger partial charge in [-0.15, -0.1) is 0 Å². The van der Waals surface area contributed by atoms with Crippen molar-refractivity contribution in [1.82, 2.24) is 5.32 Å². The summed E-state index contributed by atoms with van der Waals surface area (Å²) in [6, 6.07) is 8.37. The van der Waals surface area contributed by atoms with Crippen LogP contribution < -0.4 is 11.1 Å². The Morgan fingerprint density at radius 2 is 1.89 bits per heavy atom. The van der Waals surface area contributed by atoms with E-state index in [4.69, 9.17) is 10.5 Å². The normalized spacial score (nSPS) is 12.8. The van der Waals surface area contributed by atoms with Crippen LogP contribution in [-0.2, 0) is 14.3 Å². The molecule has 1 rings (SSSR count). The van der Waals surface area contributed by atoms with E-state index in [0.29, 0.717) is 0 Å². The molecule has 19 heavy (non-hydrogen) atoms. The first kappa shape index (κ1) is 15.2. The van der Waals surface area contributed by atoms with Crippen LogP contribution in [0.2, 0.25) is 0 Å². The van der Waals surface area contributed by atoms with Gasteiger partial charge in [0, 0.05) is 0 Å². The summed E-state index contributed by atoms with van der Waals surface area (Å²) in [4.78, 5) is 23.4. The van der Waals surface area contributed by atoms with Gasteiger partial charge in [0.1, 0.15) is 6.04 Å². The van der Waals surface area contributed by atoms with Crippen LogP contribution in [0, 0.1) is 0 Å². The zero-order chi connectivity index (χ0) is 14.5. The molecule has 1 unspecified atom stereocenters. The zero-order valence-electron chi connectivity index (χ0n) is 11.5. The molecule has 1 amide bonds. The Kier molecular flexibility index (Phi) is 5.06. The maximum absolute atomic E-state index is 12.0. The summed E-state index contributed by atoms with van der Waals surface area (Å²) in [5.41, 5.74) is 5.04. The molecule has 0 aliphatic heterocycles. The molecule has 5 nitrogen and oxygen atoms in total. The van der Waals surface area contributed by atoms with E-state index in [0.717, 1.165) is 5.56 Å². The molecule has 1 aromatic rings. The maximum atomic E-state index is 12.0. The molecule has 1 aromatic carbocycles. The Bertz CT molecular complexity index is 443. The molecule has 1 atom stereocenters. The van der Waals surface area contributed by atoms with Gasteiger partial charge in [0.25, 0.3) is 0 Å². The Morgan fingerprint density at radius 1 is 1.32 bits per heavy atom. The summed E-state index contributed by atoms with van der Waals surface area (Å²) in [5.74, 6) is -0.958. The Hall–Kier alpha value is -1.88. The highest BCUT2D eigenvalue weighted by molar-refractivity contribution is 5.85. The van der Waals surface area contributed by atoms with Crippen LogP contribution in [0.15, 0.2) is 30.3 Å². The smallest absolute Gasteiger partial charge is 0.327 e. The second-order valence-electron chi connectivity index (χ2n) is 4.73. The van der Waals surface area contributed by atoms with Gasteiger partial charge in [0.05, 0.1) is 12.1 Å². The minimum absolute atomic E-state index is 0.279. The van der Waals surface area contributed by atoms with Crippen molar-refractivity contribution in [2.24, 2.45) is 5.73 Å². The zero-order valence-corrected chi connectivity index (χ0v) is 11.5. The van der Waals surface area contributed by atoms with Crippen molar-refractivity contribution in [2.75, 3.05) is 6.61 Å². The maximum Gasteiger partial charge on any atom is 0.327 e. The Balaban J connectivity index is 3.00. The van der Waals surface area contributed by atoms with Gasteiger partial charge >= 0.3 is 5.97 Å². The van der Waals surface area contributed by atoms with E-state index in [1.807, 2.05) is 18.2 Å². The number of primary amides is 1. The number of nitrogens with two attached hydrogens (primary N) is 1. The van der Waals surface area contributed by atoms with Crippen molar-refractivity contribution >= 4 is 11.9 Å². The van der Waals surface area contributed by atoms with Gasteiger partial charge in [0.2, 0.25) is 5.91 Å². The van der Waals surface area contributed by atoms with Crippen LogP contribution >= 0.6 is 0 Å². The van der Waals surface area contributed by atoms with Crippen molar-refractivity contribution in [2.45, 2.75) is 32.4 Å². The number of carbonyl (C=O) groups excluding carboxylic acids is 2. The molecule has 0 aromatic heterocycles. The summed E-state index contributed by atoms with van der Waals surface area (Å²) >= 11 is 0. The van der Waals surface area contributed by atoms with Gasteiger partial charge in [0.15, 0.2) is 0 Å². The van der Waals surface area contributed by atoms with Gasteiger partial charge < -0.3 is 10.5 Å². The quantitative estimate of drug-likeness (QED) is 0.755. The third-order valence-electron chi connectivity index (χ3n) is 2.78. The SMILES string of the molecule is CCOC(=O)C(NC(C)(C)C(N)=O)c1ccccc1. The first-order chi connectivity index (χ1) is 8.88. The highest BCUT2D eigenvalue weighted by atomic mass is 16.5. The van der Waals surface area contributed by atoms with E-state index in [-0.39, 0.29) is 6.61 Å². The molecule has 0 bridgehead atoms. The highest BCUT2D eigenvalue weighted by Crippen LogP contribution is 2.18. The lowest BCUT2D eigenvalue weighted by Gasteiger charge is -2.28. The summed E-state index contributed by atoms with van der Waals surface area (Å²) in [7, 11) is 0. The minimum atomic E-state index is -1.01. The fourth-order valence-corrected chi connectivity index (χ4v) is 1.58. The van der Waals surface area contributed by atoms with E-state index < -0.39 is 23.5 Å². The van der Waals surface area contributed by atoms with Crippen LogP contribution in [0.1, 0.15) is 32.4 Å². The van der Waals surface area contributed by atoms with Crippen molar-refractivity contribution in [1.29, 1.82) is 0 Å². The number of nitrogens with one attached hydrogen (secondary N) is 1. The molecular weight excluding hydrogens is 244 g/mol. The number of ether oxygens (including phenoxy) is 1. The van der Waals surface area contributed by atoms with Crippen LogP contribution in [-0.4, -0.2) is 24.0 Å². The van der Waals surface area contributed by atoms with Gasteiger partial charge in [-0.05, 0) is 26.3 Å². The monoisotopic (exact) mass is 264 g/mol. The van der Waals surface area contributed by atoms with Crippen molar-refractivity contribution in [3.05, 3.63) is 35.9 Å². The first-order valence-corrected chi connectivity index (χ1v) is 6.17. The molecule has 0 heterocycles. The van der Waals surface area contributed by atoms with Crippen LogP contribution in [0.3, 0.4) is 0 Å². The number of amides is 1. The second kappa shape index (κ2) is 6.33. The number of benzene rings is 1. The predicted molar refractivity (Wildman–Crippen MR) is 72.2 cm³/mol. The first-order valence-electron chi connectivity index (χ1n) is 6.17. The predicted octanol–water partition coefficient (Wildman–Crippen LogP) is 1.14. The molecule has 0 saturated heterocycles. The molecular formula is C14H20N2O3. The summed E-state index contributed by atoms with van der Waals surface area (Å²) in [5, 5.41) is 2.94. The topological polar surface area (TPSA) is 81.4 Å². The Labute approximate surface area is 113 Å². The molecule has 0 aliphatic rings. The lowest BCUT2D eigenvalue weighted by atomic mass is 9.99. The molecule has 0 saturated carbocycles.